The van der Waals surface area contributed by atoms with Crippen LogP contribution >= 0.6 is 0 Å². The number of aryl methyl sites for hydroxylation is 1. The number of carbonyl (C=O) groups is 1. The number of nitrogens with zero attached hydrogens (tertiary/aromatic N) is 2. The summed E-state index contributed by atoms with van der Waals surface area (Å²) in [6.07, 6.45) is 0.128. The Morgan fingerprint density at radius 1 is 1.86 bits per heavy atom. The van der Waals surface area contributed by atoms with Crippen molar-refractivity contribution in [1.29, 1.82) is 0 Å². The van der Waals surface area contributed by atoms with E-state index < -0.39 is 18.7 Å². The Morgan fingerprint density at radius 2 is 2.64 bits per heavy atom. The molecular formula is C8H10FN3O2. The van der Waals surface area contributed by atoms with Gasteiger partial charge in [0.05, 0.1) is 0 Å². The van der Waals surface area contributed by atoms with Crippen LogP contribution in [0.25, 0.3) is 0 Å². The van der Waals surface area contributed by atoms with Gasteiger partial charge in [-0.1, -0.05) is 0 Å². The molecule has 2 heterocycles. The highest BCUT2D eigenvalue weighted by Crippen LogP contribution is 2.21. The number of carbonyl (C=O) groups excluding carboxylic acids is 1. The van der Waals surface area contributed by atoms with Gasteiger partial charge in [-0.3, -0.25) is 4.79 Å². The van der Waals surface area contributed by atoms with Gasteiger partial charge < -0.3 is 10.5 Å². The fraction of sp³-hybridized carbons (Fsp3) is 0.500. The summed E-state index contributed by atoms with van der Waals surface area (Å²) in [5, 5.41) is 3.91. The van der Waals surface area contributed by atoms with Crippen LogP contribution in [0.15, 0.2) is 6.07 Å². The Balaban J connectivity index is 2.25. The Bertz CT molecular complexity index is 363. The van der Waals surface area contributed by atoms with E-state index in [-0.39, 0.29) is 5.69 Å². The highest BCUT2D eigenvalue weighted by atomic mass is 19.1. The largest absolute Gasteiger partial charge is 0.472 e. The van der Waals surface area contributed by atoms with Crippen LogP contribution in [0.5, 0.6) is 5.88 Å². The van der Waals surface area contributed by atoms with Crippen molar-refractivity contribution in [3.8, 4) is 5.88 Å². The summed E-state index contributed by atoms with van der Waals surface area (Å²) in [7, 11) is 0. The Morgan fingerprint density at radius 3 is 3.29 bits per heavy atom. The van der Waals surface area contributed by atoms with Crippen molar-refractivity contribution < 1.29 is 13.9 Å². The van der Waals surface area contributed by atoms with Gasteiger partial charge in [0.2, 0.25) is 5.88 Å². The molecular weight excluding hydrogens is 189 g/mol. The molecule has 1 aliphatic heterocycles. The van der Waals surface area contributed by atoms with Crippen molar-refractivity contribution >= 4 is 5.91 Å². The number of ether oxygens (including phenoxy) is 1. The maximum atomic E-state index is 12.3. The van der Waals surface area contributed by atoms with Crippen molar-refractivity contribution in [2.45, 2.75) is 19.1 Å². The number of halogens is 1. The van der Waals surface area contributed by atoms with E-state index >= 15 is 0 Å². The Hall–Kier alpha value is -1.59. The molecule has 0 fully saturated rings. The van der Waals surface area contributed by atoms with Crippen LogP contribution in [0.3, 0.4) is 0 Å². The lowest BCUT2D eigenvalue weighted by molar-refractivity contribution is 0.0993. The zero-order valence-corrected chi connectivity index (χ0v) is 7.44. The number of nitrogens with two attached hydrogens (primary N) is 1. The van der Waals surface area contributed by atoms with Gasteiger partial charge in [0.1, 0.15) is 12.8 Å². The molecule has 6 heteroatoms. The minimum Gasteiger partial charge on any atom is -0.472 e. The highest BCUT2D eigenvalue weighted by molar-refractivity contribution is 5.91. The molecule has 1 atom stereocenters. The van der Waals surface area contributed by atoms with E-state index in [1.165, 1.54) is 10.7 Å². The molecule has 1 aromatic rings. The molecule has 76 valence electrons. The molecule has 1 unspecified atom stereocenters. The van der Waals surface area contributed by atoms with E-state index in [1.807, 2.05) is 0 Å². The first-order valence-corrected chi connectivity index (χ1v) is 4.31. The van der Waals surface area contributed by atoms with Gasteiger partial charge >= 0.3 is 0 Å². The number of fused-ring (bicyclic) bond motifs is 1. The molecule has 0 saturated heterocycles. The second-order valence-electron chi connectivity index (χ2n) is 3.14. The number of hydrogen-bond donors (Lipinski definition) is 1. The first-order chi connectivity index (χ1) is 6.70. The monoisotopic (exact) mass is 199 g/mol. The fourth-order valence-corrected chi connectivity index (χ4v) is 1.38. The minimum atomic E-state index is -0.604. The normalized spacial score (nSPS) is 19.9. The predicted octanol–water partition coefficient (Wildman–Crippen LogP) is 0.103. The first-order valence-electron chi connectivity index (χ1n) is 4.31. The van der Waals surface area contributed by atoms with Gasteiger partial charge in [0.15, 0.2) is 5.69 Å². The van der Waals surface area contributed by atoms with Gasteiger partial charge in [-0.2, -0.15) is 5.10 Å². The van der Waals surface area contributed by atoms with Crippen LogP contribution in [-0.2, 0) is 6.54 Å². The third-order valence-electron chi connectivity index (χ3n) is 2.12. The van der Waals surface area contributed by atoms with Crippen LogP contribution in [0.2, 0.25) is 0 Å². The zero-order valence-electron chi connectivity index (χ0n) is 7.44. The summed E-state index contributed by atoms with van der Waals surface area (Å²) in [6, 6.07) is 1.43. The highest BCUT2D eigenvalue weighted by Gasteiger charge is 2.22. The van der Waals surface area contributed by atoms with Crippen molar-refractivity contribution in [2.24, 2.45) is 5.73 Å². The molecule has 2 rings (SSSR count). The fourth-order valence-electron chi connectivity index (χ4n) is 1.38. The molecule has 5 nitrogen and oxygen atoms in total. The number of amides is 1. The van der Waals surface area contributed by atoms with E-state index in [1.54, 1.807) is 0 Å². The molecule has 2 N–H and O–H groups in total. The lowest BCUT2D eigenvalue weighted by atomic mass is 10.2. The standard InChI is InChI=1S/C8H10FN3O2/c9-4-5-1-2-12-7(14-5)3-6(11-12)8(10)13/h3,5H,1-2,4H2,(H2,10,13). The molecule has 0 spiro atoms. The third kappa shape index (κ3) is 1.43. The second kappa shape index (κ2) is 3.28. The van der Waals surface area contributed by atoms with Crippen molar-refractivity contribution in [3.63, 3.8) is 0 Å². The maximum Gasteiger partial charge on any atom is 0.269 e. The van der Waals surface area contributed by atoms with Crippen LogP contribution in [0.1, 0.15) is 16.9 Å². The summed E-state index contributed by atoms with van der Waals surface area (Å²) in [5.41, 5.74) is 5.20. The third-order valence-corrected chi connectivity index (χ3v) is 2.12. The molecule has 0 aromatic carbocycles. The van der Waals surface area contributed by atoms with E-state index in [0.29, 0.717) is 18.8 Å². The zero-order chi connectivity index (χ0) is 10.1. The van der Waals surface area contributed by atoms with Gasteiger partial charge in [-0.05, 0) is 0 Å². The van der Waals surface area contributed by atoms with E-state index in [2.05, 4.69) is 5.10 Å². The van der Waals surface area contributed by atoms with Crippen molar-refractivity contribution in [1.82, 2.24) is 9.78 Å². The smallest absolute Gasteiger partial charge is 0.269 e. The molecule has 14 heavy (non-hydrogen) atoms. The summed E-state index contributed by atoms with van der Waals surface area (Å²) in [4.78, 5) is 10.8. The summed E-state index contributed by atoms with van der Waals surface area (Å²) >= 11 is 0. The number of rotatable bonds is 2. The molecule has 0 bridgehead atoms. The van der Waals surface area contributed by atoms with Gasteiger partial charge in [0.25, 0.3) is 5.91 Å². The number of primary amides is 1. The van der Waals surface area contributed by atoms with E-state index in [4.69, 9.17) is 10.5 Å². The first kappa shape index (κ1) is 8.98. The maximum absolute atomic E-state index is 12.3. The summed E-state index contributed by atoms with van der Waals surface area (Å²) < 4.78 is 19.0. The van der Waals surface area contributed by atoms with Gasteiger partial charge in [-0.15, -0.1) is 0 Å². The van der Waals surface area contributed by atoms with E-state index in [0.717, 1.165) is 0 Å². The Kier molecular flexibility index (Phi) is 2.11. The molecule has 0 radical (unpaired) electrons. The average Bonchev–Trinajstić information content (AvgIpc) is 2.59. The minimum absolute atomic E-state index is 0.152. The second-order valence-corrected chi connectivity index (χ2v) is 3.14. The number of alkyl halides is 1. The van der Waals surface area contributed by atoms with Crippen LogP contribution in [0, 0.1) is 0 Å². The molecule has 1 aromatic heterocycles. The van der Waals surface area contributed by atoms with Crippen molar-refractivity contribution in [2.75, 3.05) is 6.67 Å². The number of aromatic nitrogens is 2. The predicted molar refractivity (Wildman–Crippen MR) is 45.8 cm³/mol. The summed E-state index contributed by atoms with van der Waals surface area (Å²) in [6.45, 7) is 0.0221. The molecule has 0 aliphatic carbocycles. The van der Waals surface area contributed by atoms with Crippen molar-refractivity contribution in [3.05, 3.63) is 11.8 Å². The lowest BCUT2D eigenvalue weighted by Gasteiger charge is -2.21. The SMILES string of the molecule is NC(=O)c1cc2n(n1)CCC(CF)O2. The summed E-state index contributed by atoms with van der Waals surface area (Å²) in [5.74, 6) is -0.194. The average molecular weight is 199 g/mol. The quantitative estimate of drug-likeness (QED) is 0.734. The molecule has 1 amide bonds. The lowest BCUT2D eigenvalue weighted by Crippen LogP contribution is -2.27. The van der Waals surface area contributed by atoms with Gasteiger partial charge in [0, 0.05) is 19.0 Å². The molecule has 0 saturated carbocycles. The van der Waals surface area contributed by atoms with E-state index in [9.17, 15) is 9.18 Å². The van der Waals surface area contributed by atoms with Crippen LogP contribution in [-0.4, -0.2) is 28.5 Å². The van der Waals surface area contributed by atoms with Crippen LogP contribution < -0.4 is 10.5 Å². The molecule has 1 aliphatic rings. The Labute approximate surface area is 79.6 Å². The number of hydrogen-bond acceptors (Lipinski definition) is 3. The van der Waals surface area contributed by atoms with Crippen LogP contribution in [0.4, 0.5) is 4.39 Å². The van der Waals surface area contributed by atoms with Gasteiger partial charge in [-0.25, -0.2) is 9.07 Å². The topological polar surface area (TPSA) is 70.1 Å².